The molecule has 1 fully saturated rings. The van der Waals surface area contributed by atoms with Crippen molar-refractivity contribution in [1.82, 2.24) is 19.2 Å². The van der Waals surface area contributed by atoms with Gasteiger partial charge in [-0.25, -0.2) is 4.68 Å². The van der Waals surface area contributed by atoms with E-state index in [-0.39, 0.29) is 29.3 Å². The van der Waals surface area contributed by atoms with Crippen LogP contribution in [0.15, 0.2) is 61.1 Å². The van der Waals surface area contributed by atoms with Gasteiger partial charge in [0.05, 0.1) is 30.2 Å². The zero-order valence-corrected chi connectivity index (χ0v) is 19.4. The molecule has 2 aromatic heterocycles. The van der Waals surface area contributed by atoms with Crippen molar-refractivity contribution in [1.29, 1.82) is 0 Å². The van der Waals surface area contributed by atoms with Gasteiger partial charge in [0, 0.05) is 41.8 Å². The predicted molar refractivity (Wildman–Crippen MR) is 126 cm³/mol. The average Bonchev–Trinajstić information content (AvgIpc) is 3.49. The van der Waals surface area contributed by atoms with E-state index < -0.39 is 10.8 Å². The topological polar surface area (TPSA) is 86.4 Å². The minimum absolute atomic E-state index is 0.0861. The Labute approximate surface area is 195 Å². The van der Waals surface area contributed by atoms with Gasteiger partial charge in [-0.15, -0.1) is 0 Å². The second-order valence-electron chi connectivity index (χ2n) is 7.99. The summed E-state index contributed by atoms with van der Waals surface area (Å²) in [6, 6.07) is 13.6. The van der Waals surface area contributed by atoms with Crippen molar-refractivity contribution in [2.75, 3.05) is 25.4 Å². The summed E-state index contributed by atoms with van der Waals surface area (Å²) in [6.45, 7) is 3.00. The molecule has 3 aromatic rings. The van der Waals surface area contributed by atoms with Gasteiger partial charge in [-0.05, 0) is 44.0 Å². The molecule has 1 amide bonds. The summed E-state index contributed by atoms with van der Waals surface area (Å²) in [5.41, 5.74) is 1.69. The molecule has 0 spiro atoms. The van der Waals surface area contributed by atoms with Crippen molar-refractivity contribution in [3.05, 3.63) is 66.6 Å². The molecule has 9 heteroatoms. The lowest BCUT2D eigenvalue weighted by Gasteiger charge is -2.31. The molecular weight excluding hydrogens is 440 g/mol. The first kappa shape index (κ1) is 23.0. The third kappa shape index (κ3) is 5.42. The van der Waals surface area contributed by atoms with E-state index in [4.69, 9.17) is 4.74 Å². The number of amides is 1. The number of carbonyl (C=O) groups is 2. The lowest BCUT2D eigenvalue weighted by atomic mass is 9.98. The van der Waals surface area contributed by atoms with Crippen LogP contribution in [0.5, 0.6) is 0 Å². The van der Waals surface area contributed by atoms with E-state index in [1.807, 2.05) is 64.1 Å². The average molecular weight is 469 g/mol. The molecule has 3 heterocycles. The summed E-state index contributed by atoms with van der Waals surface area (Å²) < 4.78 is 21.8. The van der Waals surface area contributed by atoms with Gasteiger partial charge in [0.25, 0.3) is 0 Å². The number of likely N-dealkylation sites (tertiary alicyclic amines) is 1. The maximum Gasteiger partial charge on any atom is 0.310 e. The van der Waals surface area contributed by atoms with E-state index in [2.05, 4.69) is 5.10 Å². The molecular formula is C24H28N4O4S. The minimum atomic E-state index is -1.42. The molecule has 1 saturated heterocycles. The number of para-hydroxylation sites is 1. The van der Waals surface area contributed by atoms with Gasteiger partial charge in [0.2, 0.25) is 5.91 Å². The Morgan fingerprint density at radius 3 is 2.64 bits per heavy atom. The molecule has 2 unspecified atom stereocenters. The van der Waals surface area contributed by atoms with Crippen LogP contribution in [0, 0.1) is 5.92 Å². The number of piperidine rings is 1. The predicted octanol–water partition coefficient (Wildman–Crippen LogP) is 2.71. The molecule has 1 aliphatic rings. The second kappa shape index (κ2) is 10.6. The lowest BCUT2D eigenvalue weighted by molar-refractivity contribution is -0.151. The fraction of sp³-hybridized carbons (Fsp3) is 0.375. The third-order valence-electron chi connectivity index (χ3n) is 5.66. The summed E-state index contributed by atoms with van der Waals surface area (Å²) in [5.74, 6) is 0.160. The first-order valence-corrected chi connectivity index (χ1v) is 12.6. The number of nitrogens with zero attached hydrogens (tertiary/aromatic N) is 4. The van der Waals surface area contributed by atoms with Crippen molar-refractivity contribution in [2.45, 2.75) is 25.5 Å². The molecule has 0 radical (unpaired) electrons. The first-order valence-electron chi connectivity index (χ1n) is 11.1. The molecule has 1 aliphatic heterocycles. The monoisotopic (exact) mass is 468 g/mol. The van der Waals surface area contributed by atoms with Crippen LogP contribution in [0.25, 0.3) is 11.5 Å². The number of rotatable bonds is 8. The summed E-state index contributed by atoms with van der Waals surface area (Å²) >= 11 is 0. The molecule has 0 bridgehead atoms. The van der Waals surface area contributed by atoms with Crippen LogP contribution in [-0.4, -0.2) is 60.8 Å². The first-order chi connectivity index (χ1) is 16.1. The summed E-state index contributed by atoms with van der Waals surface area (Å²) in [7, 11) is -1.42. The molecule has 0 N–H and O–H groups in total. The Morgan fingerprint density at radius 1 is 1.15 bits per heavy atom. The Kier molecular flexibility index (Phi) is 7.39. The molecule has 0 aliphatic carbocycles. The Balaban J connectivity index is 1.46. The molecule has 0 saturated carbocycles. The lowest BCUT2D eigenvalue weighted by Crippen LogP contribution is -2.44. The van der Waals surface area contributed by atoms with Gasteiger partial charge in [-0.3, -0.25) is 13.8 Å². The highest BCUT2D eigenvalue weighted by Crippen LogP contribution is 2.22. The van der Waals surface area contributed by atoms with Crippen molar-refractivity contribution in [3.63, 3.8) is 0 Å². The minimum Gasteiger partial charge on any atom is -0.466 e. The molecule has 8 nitrogen and oxygen atoms in total. The number of carbonyl (C=O) groups excluding carboxylic acids is 2. The molecule has 2 atom stereocenters. The van der Waals surface area contributed by atoms with Gasteiger partial charge in [0.15, 0.2) is 0 Å². The smallest absolute Gasteiger partial charge is 0.310 e. The SMILES string of the molecule is CCOC(=O)C1CCCN(C(=O)CS(=O)Cc2cnn(-c3ccccc3)c2-n2cccc2)C1. The fourth-order valence-corrected chi connectivity index (χ4v) is 5.21. The van der Waals surface area contributed by atoms with Gasteiger partial charge in [-0.1, -0.05) is 18.2 Å². The summed E-state index contributed by atoms with van der Waals surface area (Å²) in [4.78, 5) is 26.5. The highest BCUT2D eigenvalue weighted by atomic mass is 32.2. The largest absolute Gasteiger partial charge is 0.466 e. The van der Waals surface area contributed by atoms with Crippen molar-refractivity contribution in [2.24, 2.45) is 5.92 Å². The summed E-state index contributed by atoms with van der Waals surface area (Å²) in [5, 5.41) is 4.53. The molecule has 1 aromatic carbocycles. The van der Waals surface area contributed by atoms with E-state index >= 15 is 0 Å². The van der Waals surface area contributed by atoms with Crippen LogP contribution < -0.4 is 0 Å². The highest BCUT2D eigenvalue weighted by molar-refractivity contribution is 7.84. The number of hydrogen-bond donors (Lipinski definition) is 0. The number of hydrogen-bond acceptors (Lipinski definition) is 5. The van der Waals surface area contributed by atoms with Crippen LogP contribution in [0.1, 0.15) is 25.3 Å². The van der Waals surface area contributed by atoms with Crippen molar-refractivity contribution >= 4 is 22.7 Å². The standard InChI is InChI=1S/C24H28N4O4S/c1-2-32-24(30)19-9-8-14-27(16-19)22(29)18-33(31)17-20-15-25-28(21-10-4-3-5-11-21)23(20)26-12-6-7-13-26/h3-7,10-13,15,19H,2,8-9,14,16-18H2,1H3. The van der Waals surface area contributed by atoms with E-state index in [0.29, 0.717) is 26.1 Å². The zero-order chi connectivity index (χ0) is 23.2. The van der Waals surface area contributed by atoms with E-state index in [9.17, 15) is 13.8 Å². The number of esters is 1. The van der Waals surface area contributed by atoms with Crippen LogP contribution in [0.4, 0.5) is 0 Å². The van der Waals surface area contributed by atoms with Gasteiger partial charge < -0.3 is 14.2 Å². The van der Waals surface area contributed by atoms with E-state index in [1.54, 1.807) is 18.0 Å². The maximum absolute atomic E-state index is 13.0. The normalized spacial score (nSPS) is 17.0. The Bertz CT molecular complexity index is 1110. The van der Waals surface area contributed by atoms with Crippen molar-refractivity contribution < 1.29 is 18.5 Å². The highest BCUT2D eigenvalue weighted by Gasteiger charge is 2.30. The quantitative estimate of drug-likeness (QED) is 0.475. The van der Waals surface area contributed by atoms with Gasteiger partial charge >= 0.3 is 5.97 Å². The second-order valence-corrected chi connectivity index (χ2v) is 9.45. The van der Waals surface area contributed by atoms with Crippen LogP contribution >= 0.6 is 0 Å². The molecule has 174 valence electrons. The van der Waals surface area contributed by atoms with E-state index in [1.165, 1.54) is 0 Å². The zero-order valence-electron chi connectivity index (χ0n) is 18.6. The molecule has 4 rings (SSSR count). The molecule has 33 heavy (non-hydrogen) atoms. The fourth-order valence-electron chi connectivity index (χ4n) is 4.10. The number of aromatic nitrogens is 3. The maximum atomic E-state index is 13.0. The van der Waals surface area contributed by atoms with Gasteiger partial charge in [-0.2, -0.15) is 5.10 Å². The van der Waals surface area contributed by atoms with E-state index in [0.717, 1.165) is 23.5 Å². The third-order valence-corrected chi connectivity index (χ3v) is 6.86. The van der Waals surface area contributed by atoms with Crippen LogP contribution in [-0.2, 0) is 30.9 Å². The number of ether oxygens (including phenoxy) is 1. The van der Waals surface area contributed by atoms with Crippen LogP contribution in [0.2, 0.25) is 0 Å². The Morgan fingerprint density at radius 2 is 1.91 bits per heavy atom. The van der Waals surface area contributed by atoms with Gasteiger partial charge in [0.1, 0.15) is 11.6 Å². The van der Waals surface area contributed by atoms with Crippen molar-refractivity contribution in [3.8, 4) is 11.5 Å². The number of benzene rings is 1. The Hall–Kier alpha value is -3.20. The summed E-state index contributed by atoms with van der Waals surface area (Å²) in [6.07, 6.45) is 6.99. The van der Waals surface area contributed by atoms with Crippen LogP contribution in [0.3, 0.4) is 0 Å².